The smallest absolute Gasteiger partial charge is 0.238 e. The lowest BCUT2D eigenvalue weighted by atomic mass is 10.1. The monoisotopic (exact) mass is 293 g/mol. The summed E-state index contributed by atoms with van der Waals surface area (Å²) < 4.78 is 0. The third kappa shape index (κ3) is 4.44. The van der Waals surface area contributed by atoms with Crippen LogP contribution in [0.3, 0.4) is 0 Å². The first-order chi connectivity index (χ1) is 10.6. The number of anilines is 1. The van der Waals surface area contributed by atoms with Gasteiger partial charge in [-0.25, -0.2) is 0 Å². The first-order valence-electron chi connectivity index (χ1n) is 7.11. The normalized spacial score (nSPS) is 10.3. The molecule has 0 saturated carbocycles. The highest BCUT2D eigenvalue weighted by atomic mass is 16.2. The molecule has 112 valence electrons. The van der Waals surface area contributed by atoms with Crippen molar-refractivity contribution in [2.24, 2.45) is 0 Å². The number of rotatable bonds is 5. The molecule has 0 aromatic heterocycles. The second kappa shape index (κ2) is 7.39. The summed E-state index contributed by atoms with van der Waals surface area (Å²) in [6.07, 6.45) is 0. The van der Waals surface area contributed by atoms with Gasteiger partial charge in [0.05, 0.1) is 18.2 Å². The fourth-order valence-corrected chi connectivity index (χ4v) is 2.20. The molecule has 0 fully saturated rings. The summed E-state index contributed by atoms with van der Waals surface area (Å²) >= 11 is 0. The number of nitrogens with zero attached hydrogens (tertiary/aromatic N) is 2. The lowest BCUT2D eigenvalue weighted by Crippen LogP contribution is -2.30. The lowest BCUT2D eigenvalue weighted by Gasteiger charge is -2.17. The molecule has 2 rings (SSSR count). The Bertz CT molecular complexity index is 686. The van der Waals surface area contributed by atoms with Crippen LogP contribution in [0, 0.1) is 18.3 Å². The summed E-state index contributed by atoms with van der Waals surface area (Å²) in [6, 6.07) is 17.3. The van der Waals surface area contributed by atoms with Crippen molar-refractivity contribution >= 4 is 11.6 Å². The largest absolute Gasteiger partial charge is 0.325 e. The van der Waals surface area contributed by atoms with Crippen LogP contribution in [0.2, 0.25) is 0 Å². The summed E-state index contributed by atoms with van der Waals surface area (Å²) in [5.41, 5.74) is 3.52. The van der Waals surface area contributed by atoms with Crippen LogP contribution < -0.4 is 5.32 Å². The zero-order valence-corrected chi connectivity index (χ0v) is 12.8. The molecular formula is C18H19N3O. The fraction of sp³-hybridized carbons (Fsp3) is 0.222. The molecule has 0 atom stereocenters. The van der Waals surface area contributed by atoms with Crippen molar-refractivity contribution < 1.29 is 4.79 Å². The average molecular weight is 293 g/mol. The Morgan fingerprint density at radius 3 is 2.55 bits per heavy atom. The van der Waals surface area contributed by atoms with Gasteiger partial charge in [0.25, 0.3) is 0 Å². The number of carbonyl (C=O) groups excluding carboxylic acids is 1. The van der Waals surface area contributed by atoms with Gasteiger partial charge in [0.1, 0.15) is 0 Å². The van der Waals surface area contributed by atoms with Crippen LogP contribution in [0.1, 0.15) is 16.7 Å². The van der Waals surface area contributed by atoms with E-state index < -0.39 is 0 Å². The molecule has 0 bridgehead atoms. The van der Waals surface area contributed by atoms with Gasteiger partial charge in [-0.15, -0.1) is 0 Å². The first kappa shape index (κ1) is 15.7. The van der Waals surface area contributed by atoms with Gasteiger partial charge in [-0.2, -0.15) is 5.26 Å². The molecular weight excluding hydrogens is 274 g/mol. The first-order valence-corrected chi connectivity index (χ1v) is 7.11. The predicted octanol–water partition coefficient (Wildman–Crippen LogP) is 2.94. The molecule has 4 nitrogen and oxygen atoms in total. The maximum absolute atomic E-state index is 12.0. The maximum atomic E-state index is 12.0. The molecule has 0 heterocycles. The lowest BCUT2D eigenvalue weighted by molar-refractivity contribution is -0.117. The Morgan fingerprint density at radius 1 is 1.18 bits per heavy atom. The van der Waals surface area contributed by atoms with E-state index in [9.17, 15) is 4.79 Å². The number of hydrogen-bond donors (Lipinski definition) is 1. The Balaban J connectivity index is 1.91. The zero-order valence-electron chi connectivity index (χ0n) is 12.8. The van der Waals surface area contributed by atoms with Gasteiger partial charge >= 0.3 is 0 Å². The molecule has 0 aliphatic heterocycles. The molecule has 2 aromatic carbocycles. The second-order valence-electron chi connectivity index (χ2n) is 5.36. The fourth-order valence-electron chi connectivity index (χ4n) is 2.20. The van der Waals surface area contributed by atoms with Crippen LogP contribution in [-0.4, -0.2) is 24.4 Å². The maximum Gasteiger partial charge on any atom is 0.238 e. The van der Waals surface area contributed by atoms with Crippen molar-refractivity contribution in [3.05, 3.63) is 65.2 Å². The van der Waals surface area contributed by atoms with Crippen molar-refractivity contribution in [1.82, 2.24) is 4.90 Å². The van der Waals surface area contributed by atoms with Gasteiger partial charge in [0.2, 0.25) is 5.91 Å². The van der Waals surface area contributed by atoms with Crippen molar-refractivity contribution in [3.8, 4) is 6.07 Å². The van der Waals surface area contributed by atoms with Gasteiger partial charge < -0.3 is 5.32 Å². The Hall–Kier alpha value is -2.64. The highest BCUT2D eigenvalue weighted by molar-refractivity contribution is 5.92. The second-order valence-corrected chi connectivity index (χ2v) is 5.36. The van der Waals surface area contributed by atoms with Crippen LogP contribution in [0.15, 0.2) is 48.5 Å². The average Bonchev–Trinajstić information content (AvgIpc) is 2.50. The number of likely N-dealkylation sites (N-methyl/N-ethyl adjacent to an activating group) is 1. The van der Waals surface area contributed by atoms with Gasteiger partial charge in [0, 0.05) is 12.2 Å². The van der Waals surface area contributed by atoms with Gasteiger partial charge in [-0.1, -0.05) is 35.9 Å². The molecule has 0 unspecified atom stereocenters. The van der Waals surface area contributed by atoms with E-state index in [0.29, 0.717) is 12.1 Å². The molecule has 4 heteroatoms. The van der Waals surface area contributed by atoms with Crippen LogP contribution in [0.25, 0.3) is 0 Å². The van der Waals surface area contributed by atoms with Crippen LogP contribution >= 0.6 is 0 Å². The number of benzene rings is 2. The highest BCUT2D eigenvalue weighted by Gasteiger charge is 2.09. The molecule has 1 N–H and O–H groups in total. The molecule has 0 aliphatic rings. The summed E-state index contributed by atoms with van der Waals surface area (Å²) in [6.45, 7) is 2.84. The summed E-state index contributed by atoms with van der Waals surface area (Å²) in [7, 11) is 1.86. The minimum Gasteiger partial charge on any atom is -0.325 e. The van der Waals surface area contributed by atoms with Crippen LogP contribution in [0.4, 0.5) is 5.69 Å². The van der Waals surface area contributed by atoms with E-state index in [1.807, 2.05) is 61.3 Å². The zero-order chi connectivity index (χ0) is 15.9. The number of hydrogen-bond acceptors (Lipinski definition) is 3. The quantitative estimate of drug-likeness (QED) is 0.922. The Labute approximate surface area is 131 Å². The van der Waals surface area contributed by atoms with E-state index in [0.717, 1.165) is 16.8 Å². The van der Waals surface area contributed by atoms with E-state index in [2.05, 4.69) is 11.4 Å². The Morgan fingerprint density at radius 2 is 1.86 bits per heavy atom. The summed E-state index contributed by atoms with van der Waals surface area (Å²) in [5, 5.41) is 12.0. The van der Waals surface area contributed by atoms with Gasteiger partial charge in [0.15, 0.2) is 0 Å². The Kier molecular flexibility index (Phi) is 5.29. The number of carbonyl (C=O) groups is 1. The minimum absolute atomic E-state index is 0.0687. The molecule has 22 heavy (non-hydrogen) atoms. The predicted molar refractivity (Wildman–Crippen MR) is 87.3 cm³/mol. The van der Waals surface area contributed by atoms with Crippen molar-refractivity contribution in [3.63, 3.8) is 0 Å². The standard InChI is InChI=1S/C18H19N3O/c1-14-7-9-17(10-8-14)20-18(22)13-21(2)12-16-6-4-3-5-15(16)11-19/h3-10H,12-13H2,1-2H3,(H,20,22). The van der Waals surface area contributed by atoms with E-state index >= 15 is 0 Å². The van der Waals surface area contributed by atoms with E-state index in [1.54, 1.807) is 6.07 Å². The number of aryl methyl sites for hydroxylation is 1. The third-order valence-corrected chi connectivity index (χ3v) is 3.33. The van der Waals surface area contributed by atoms with Crippen molar-refractivity contribution in [2.75, 3.05) is 18.9 Å². The van der Waals surface area contributed by atoms with Crippen molar-refractivity contribution in [2.45, 2.75) is 13.5 Å². The molecule has 0 aliphatic carbocycles. The SMILES string of the molecule is Cc1ccc(NC(=O)CN(C)Cc2ccccc2C#N)cc1. The van der Waals surface area contributed by atoms with E-state index in [-0.39, 0.29) is 12.5 Å². The molecule has 0 spiro atoms. The number of nitrogens with one attached hydrogen (secondary N) is 1. The molecule has 2 aromatic rings. The van der Waals surface area contributed by atoms with Crippen LogP contribution in [0.5, 0.6) is 0 Å². The third-order valence-electron chi connectivity index (χ3n) is 3.33. The summed E-state index contributed by atoms with van der Waals surface area (Å²) in [4.78, 5) is 13.9. The van der Waals surface area contributed by atoms with Gasteiger partial charge in [-0.05, 0) is 37.7 Å². The summed E-state index contributed by atoms with van der Waals surface area (Å²) in [5.74, 6) is -0.0687. The molecule has 0 saturated heterocycles. The minimum atomic E-state index is -0.0687. The van der Waals surface area contributed by atoms with Crippen LogP contribution in [-0.2, 0) is 11.3 Å². The highest BCUT2D eigenvalue weighted by Crippen LogP contribution is 2.11. The van der Waals surface area contributed by atoms with Gasteiger partial charge in [-0.3, -0.25) is 9.69 Å². The molecule has 0 radical (unpaired) electrons. The van der Waals surface area contributed by atoms with E-state index in [4.69, 9.17) is 5.26 Å². The topological polar surface area (TPSA) is 56.1 Å². The van der Waals surface area contributed by atoms with Crippen molar-refractivity contribution in [1.29, 1.82) is 5.26 Å². The number of nitriles is 1. The number of amides is 1. The van der Waals surface area contributed by atoms with E-state index in [1.165, 1.54) is 0 Å². The molecule has 1 amide bonds.